The standard InChI is InChI=1S/C15H23N3O/c1-3-14(16)13-6-4-5-7-15(13)18-9-8-12(10-18)17-11(2)19/h4-7,12,14H,3,8-10,16H2,1-2H3,(H,17,19)/t12?,14-/m1/s1. The fraction of sp³-hybridized carbons (Fsp3) is 0.533. The molecule has 0 aliphatic carbocycles. The van der Waals surface area contributed by atoms with E-state index in [2.05, 4.69) is 29.3 Å². The van der Waals surface area contributed by atoms with E-state index in [4.69, 9.17) is 5.73 Å². The van der Waals surface area contributed by atoms with E-state index in [1.165, 1.54) is 11.3 Å². The maximum Gasteiger partial charge on any atom is 0.217 e. The highest BCUT2D eigenvalue weighted by Gasteiger charge is 2.25. The van der Waals surface area contributed by atoms with Gasteiger partial charge >= 0.3 is 0 Å². The number of amides is 1. The molecular weight excluding hydrogens is 238 g/mol. The Morgan fingerprint density at radius 3 is 2.95 bits per heavy atom. The van der Waals surface area contributed by atoms with Crippen molar-refractivity contribution in [3.63, 3.8) is 0 Å². The first-order chi connectivity index (χ1) is 9.11. The van der Waals surface area contributed by atoms with E-state index in [1.807, 2.05) is 12.1 Å². The van der Waals surface area contributed by atoms with E-state index in [-0.39, 0.29) is 18.0 Å². The topological polar surface area (TPSA) is 58.4 Å². The van der Waals surface area contributed by atoms with Crippen molar-refractivity contribution in [3.05, 3.63) is 29.8 Å². The Kier molecular flexibility index (Phi) is 4.43. The highest BCUT2D eigenvalue weighted by molar-refractivity contribution is 5.73. The first-order valence-electron chi connectivity index (χ1n) is 6.98. The summed E-state index contributed by atoms with van der Waals surface area (Å²) in [6, 6.07) is 8.65. The van der Waals surface area contributed by atoms with Gasteiger partial charge in [0.25, 0.3) is 0 Å². The second kappa shape index (κ2) is 6.06. The average molecular weight is 261 g/mol. The van der Waals surface area contributed by atoms with Crippen molar-refractivity contribution >= 4 is 11.6 Å². The number of hydrogen-bond acceptors (Lipinski definition) is 3. The monoisotopic (exact) mass is 261 g/mol. The Balaban J connectivity index is 2.13. The van der Waals surface area contributed by atoms with Gasteiger partial charge in [0, 0.05) is 37.8 Å². The summed E-state index contributed by atoms with van der Waals surface area (Å²) in [5.41, 5.74) is 8.60. The first-order valence-corrected chi connectivity index (χ1v) is 6.98. The van der Waals surface area contributed by atoms with Crippen molar-refractivity contribution in [2.75, 3.05) is 18.0 Å². The maximum absolute atomic E-state index is 11.1. The van der Waals surface area contributed by atoms with Crippen LogP contribution in [0.4, 0.5) is 5.69 Å². The summed E-state index contributed by atoms with van der Waals surface area (Å²) < 4.78 is 0. The Hall–Kier alpha value is -1.55. The molecule has 0 bridgehead atoms. The predicted octanol–water partition coefficient (Wildman–Crippen LogP) is 1.81. The van der Waals surface area contributed by atoms with Crippen molar-refractivity contribution in [2.24, 2.45) is 5.73 Å². The van der Waals surface area contributed by atoms with Crippen LogP contribution in [0.1, 0.15) is 38.3 Å². The SMILES string of the molecule is CC[C@@H](N)c1ccccc1N1CCC(NC(C)=O)C1. The van der Waals surface area contributed by atoms with Gasteiger partial charge in [0.1, 0.15) is 0 Å². The number of nitrogens with one attached hydrogen (secondary N) is 1. The van der Waals surface area contributed by atoms with Crippen LogP contribution in [0.25, 0.3) is 0 Å². The van der Waals surface area contributed by atoms with E-state index in [0.717, 1.165) is 25.9 Å². The van der Waals surface area contributed by atoms with E-state index in [1.54, 1.807) is 6.92 Å². The van der Waals surface area contributed by atoms with Crippen LogP contribution in [0.2, 0.25) is 0 Å². The summed E-state index contributed by atoms with van der Waals surface area (Å²) in [6.07, 6.45) is 1.93. The zero-order valence-electron chi connectivity index (χ0n) is 11.7. The lowest BCUT2D eigenvalue weighted by atomic mass is 10.0. The number of rotatable bonds is 4. The van der Waals surface area contributed by atoms with Gasteiger partial charge in [-0.2, -0.15) is 0 Å². The molecule has 1 unspecified atom stereocenters. The molecular formula is C15H23N3O. The molecule has 1 saturated heterocycles. The molecule has 4 heteroatoms. The van der Waals surface area contributed by atoms with Crippen LogP contribution in [-0.4, -0.2) is 25.0 Å². The fourth-order valence-electron chi connectivity index (χ4n) is 2.69. The summed E-state index contributed by atoms with van der Waals surface area (Å²) in [7, 11) is 0. The smallest absolute Gasteiger partial charge is 0.217 e. The van der Waals surface area contributed by atoms with E-state index in [0.29, 0.717) is 0 Å². The zero-order valence-corrected chi connectivity index (χ0v) is 11.7. The lowest BCUT2D eigenvalue weighted by Gasteiger charge is -2.24. The number of carbonyl (C=O) groups is 1. The number of benzene rings is 1. The number of carbonyl (C=O) groups excluding carboxylic acids is 1. The van der Waals surface area contributed by atoms with Gasteiger partial charge in [-0.15, -0.1) is 0 Å². The molecule has 3 N–H and O–H groups in total. The molecule has 1 amide bonds. The normalized spacial score (nSPS) is 20.4. The van der Waals surface area contributed by atoms with Gasteiger partial charge in [-0.05, 0) is 24.5 Å². The summed E-state index contributed by atoms with van der Waals surface area (Å²) in [6.45, 7) is 5.51. The molecule has 1 aromatic rings. The van der Waals surface area contributed by atoms with Gasteiger partial charge in [0.15, 0.2) is 0 Å². The van der Waals surface area contributed by atoms with Crippen LogP contribution < -0.4 is 16.0 Å². The van der Waals surface area contributed by atoms with Crippen LogP contribution >= 0.6 is 0 Å². The van der Waals surface area contributed by atoms with Gasteiger partial charge in [0.05, 0.1) is 0 Å². The average Bonchev–Trinajstić information content (AvgIpc) is 2.85. The van der Waals surface area contributed by atoms with Gasteiger partial charge in [-0.25, -0.2) is 0 Å². The highest BCUT2D eigenvalue weighted by atomic mass is 16.1. The number of nitrogens with zero attached hydrogens (tertiary/aromatic N) is 1. The molecule has 1 aromatic carbocycles. The van der Waals surface area contributed by atoms with Crippen LogP contribution in [0, 0.1) is 0 Å². The molecule has 0 radical (unpaired) electrons. The van der Waals surface area contributed by atoms with Crippen molar-refractivity contribution in [2.45, 2.75) is 38.8 Å². The Morgan fingerprint density at radius 2 is 2.26 bits per heavy atom. The second-order valence-electron chi connectivity index (χ2n) is 5.21. The minimum atomic E-state index is 0.0467. The van der Waals surface area contributed by atoms with Gasteiger partial charge in [-0.1, -0.05) is 25.1 Å². The molecule has 0 spiro atoms. The third-order valence-electron chi connectivity index (χ3n) is 3.71. The van der Waals surface area contributed by atoms with E-state index < -0.39 is 0 Å². The van der Waals surface area contributed by atoms with E-state index >= 15 is 0 Å². The summed E-state index contributed by atoms with van der Waals surface area (Å²) >= 11 is 0. The minimum Gasteiger partial charge on any atom is -0.369 e. The molecule has 1 heterocycles. The maximum atomic E-state index is 11.1. The summed E-state index contributed by atoms with van der Waals surface area (Å²) in [4.78, 5) is 13.4. The number of para-hydroxylation sites is 1. The molecule has 19 heavy (non-hydrogen) atoms. The molecule has 1 aliphatic rings. The summed E-state index contributed by atoms with van der Waals surface area (Å²) in [5.74, 6) is 0.0467. The predicted molar refractivity (Wildman–Crippen MR) is 78.1 cm³/mol. The molecule has 4 nitrogen and oxygen atoms in total. The third-order valence-corrected chi connectivity index (χ3v) is 3.71. The minimum absolute atomic E-state index is 0.0467. The lowest BCUT2D eigenvalue weighted by Crippen LogP contribution is -2.35. The van der Waals surface area contributed by atoms with Crippen molar-refractivity contribution < 1.29 is 4.79 Å². The van der Waals surface area contributed by atoms with Gasteiger partial charge in [0.2, 0.25) is 5.91 Å². The molecule has 1 aliphatic heterocycles. The lowest BCUT2D eigenvalue weighted by molar-refractivity contribution is -0.119. The van der Waals surface area contributed by atoms with Crippen LogP contribution in [0.15, 0.2) is 24.3 Å². The molecule has 0 saturated carbocycles. The Morgan fingerprint density at radius 1 is 1.53 bits per heavy atom. The molecule has 104 valence electrons. The van der Waals surface area contributed by atoms with Crippen LogP contribution in [-0.2, 0) is 4.79 Å². The quantitative estimate of drug-likeness (QED) is 0.869. The fourth-order valence-corrected chi connectivity index (χ4v) is 2.69. The number of hydrogen-bond donors (Lipinski definition) is 2. The largest absolute Gasteiger partial charge is 0.369 e. The van der Waals surface area contributed by atoms with Crippen molar-refractivity contribution in [1.82, 2.24) is 5.32 Å². The Bertz CT molecular complexity index is 447. The van der Waals surface area contributed by atoms with E-state index in [9.17, 15) is 4.79 Å². The first kappa shape index (κ1) is 13.9. The summed E-state index contributed by atoms with van der Waals surface area (Å²) in [5, 5.41) is 2.99. The van der Waals surface area contributed by atoms with Crippen LogP contribution in [0.3, 0.4) is 0 Å². The molecule has 0 aromatic heterocycles. The van der Waals surface area contributed by atoms with Crippen molar-refractivity contribution in [3.8, 4) is 0 Å². The van der Waals surface area contributed by atoms with Gasteiger partial charge < -0.3 is 16.0 Å². The second-order valence-corrected chi connectivity index (χ2v) is 5.21. The van der Waals surface area contributed by atoms with Crippen LogP contribution in [0.5, 0.6) is 0 Å². The Labute approximate surface area is 115 Å². The molecule has 2 rings (SSSR count). The van der Waals surface area contributed by atoms with Gasteiger partial charge in [-0.3, -0.25) is 4.79 Å². The highest BCUT2D eigenvalue weighted by Crippen LogP contribution is 2.29. The third kappa shape index (κ3) is 3.26. The number of nitrogens with two attached hydrogens (primary N) is 1. The number of anilines is 1. The van der Waals surface area contributed by atoms with Crippen molar-refractivity contribution in [1.29, 1.82) is 0 Å². The zero-order chi connectivity index (χ0) is 13.8. The molecule has 2 atom stereocenters. The molecule has 1 fully saturated rings.